The standard InChI is InChI=1S/C20H19N5O4/c26-19(27)11-24-15-7-3-1-5-13(15)22-17(24)9-21-10-18-23-14-6-2-4-8-16(14)25(18)12-20(28)29/h1-8,21H,9-12H2,(H,26,27)(H,28,29). The van der Waals surface area contributed by atoms with Crippen LogP contribution in [0.3, 0.4) is 0 Å². The third-order valence-electron chi connectivity index (χ3n) is 4.62. The maximum Gasteiger partial charge on any atom is 0.323 e. The first-order valence-corrected chi connectivity index (χ1v) is 9.05. The molecule has 9 heteroatoms. The first-order chi connectivity index (χ1) is 14.0. The molecule has 3 N–H and O–H groups in total. The number of aromatic nitrogens is 4. The molecular formula is C20H19N5O4. The Hall–Kier alpha value is -3.72. The van der Waals surface area contributed by atoms with Gasteiger partial charge in [0.2, 0.25) is 0 Å². The summed E-state index contributed by atoms with van der Waals surface area (Å²) in [4.78, 5) is 31.6. The molecule has 0 spiro atoms. The van der Waals surface area contributed by atoms with E-state index in [1.807, 2.05) is 48.5 Å². The second-order valence-electron chi connectivity index (χ2n) is 6.60. The van der Waals surface area contributed by atoms with E-state index in [0.29, 0.717) is 24.7 Å². The summed E-state index contributed by atoms with van der Waals surface area (Å²) < 4.78 is 3.32. The van der Waals surface area contributed by atoms with Gasteiger partial charge in [-0.2, -0.15) is 0 Å². The van der Waals surface area contributed by atoms with Crippen molar-refractivity contribution in [2.75, 3.05) is 0 Å². The van der Waals surface area contributed by atoms with Gasteiger partial charge in [-0.1, -0.05) is 24.3 Å². The number of nitrogens with zero attached hydrogens (tertiary/aromatic N) is 4. The minimum atomic E-state index is -0.947. The number of benzene rings is 2. The SMILES string of the molecule is O=C(O)Cn1c(CNCc2nc3ccccc3n2CC(=O)O)nc2ccccc21. The number of fused-ring (bicyclic) bond motifs is 2. The summed E-state index contributed by atoms with van der Waals surface area (Å²) in [7, 11) is 0. The van der Waals surface area contributed by atoms with Crippen LogP contribution in [0.4, 0.5) is 0 Å². The van der Waals surface area contributed by atoms with Crippen LogP contribution in [-0.2, 0) is 35.8 Å². The molecule has 0 bridgehead atoms. The van der Waals surface area contributed by atoms with E-state index in [1.54, 1.807) is 9.13 Å². The maximum atomic E-state index is 11.3. The first-order valence-electron chi connectivity index (χ1n) is 9.05. The lowest BCUT2D eigenvalue weighted by molar-refractivity contribution is -0.138. The molecule has 2 aromatic carbocycles. The molecule has 2 heterocycles. The van der Waals surface area contributed by atoms with Gasteiger partial charge in [0.05, 0.1) is 35.2 Å². The van der Waals surface area contributed by atoms with Crippen LogP contribution in [0.25, 0.3) is 22.1 Å². The number of carboxylic acid groups (broad SMARTS) is 2. The van der Waals surface area contributed by atoms with E-state index < -0.39 is 11.9 Å². The van der Waals surface area contributed by atoms with Crippen molar-refractivity contribution in [1.29, 1.82) is 0 Å². The molecule has 0 saturated heterocycles. The Labute approximate surface area is 165 Å². The van der Waals surface area contributed by atoms with Crippen molar-refractivity contribution in [1.82, 2.24) is 24.4 Å². The molecule has 2 aromatic heterocycles. The van der Waals surface area contributed by atoms with Crippen LogP contribution in [-0.4, -0.2) is 41.3 Å². The Morgan fingerprint density at radius 3 is 1.59 bits per heavy atom. The van der Waals surface area contributed by atoms with E-state index in [2.05, 4.69) is 15.3 Å². The van der Waals surface area contributed by atoms with E-state index in [-0.39, 0.29) is 13.1 Å². The molecular weight excluding hydrogens is 374 g/mol. The van der Waals surface area contributed by atoms with E-state index in [1.165, 1.54) is 0 Å². The zero-order valence-electron chi connectivity index (χ0n) is 15.4. The summed E-state index contributed by atoms with van der Waals surface area (Å²) >= 11 is 0. The fourth-order valence-corrected chi connectivity index (χ4v) is 3.43. The Bertz CT molecular complexity index is 1120. The second-order valence-corrected chi connectivity index (χ2v) is 6.60. The minimum absolute atomic E-state index is 0.185. The van der Waals surface area contributed by atoms with Gasteiger partial charge in [0.1, 0.15) is 24.7 Å². The molecule has 148 valence electrons. The smallest absolute Gasteiger partial charge is 0.323 e. The van der Waals surface area contributed by atoms with Gasteiger partial charge in [0.15, 0.2) is 0 Å². The van der Waals surface area contributed by atoms with Gasteiger partial charge < -0.3 is 24.7 Å². The molecule has 0 amide bonds. The van der Waals surface area contributed by atoms with Crippen LogP contribution in [0.15, 0.2) is 48.5 Å². The summed E-state index contributed by atoms with van der Waals surface area (Å²) in [6.45, 7) is 0.264. The zero-order chi connectivity index (χ0) is 20.4. The zero-order valence-corrected chi connectivity index (χ0v) is 15.4. The van der Waals surface area contributed by atoms with Crippen LogP contribution in [0, 0.1) is 0 Å². The van der Waals surface area contributed by atoms with Gasteiger partial charge >= 0.3 is 11.9 Å². The molecule has 0 saturated carbocycles. The quantitative estimate of drug-likeness (QED) is 0.417. The van der Waals surface area contributed by atoms with Gasteiger partial charge in [-0.15, -0.1) is 0 Å². The third-order valence-corrected chi connectivity index (χ3v) is 4.62. The highest BCUT2D eigenvalue weighted by molar-refractivity contribution is 5.79. The summed E-state index contributed by atoms with van der Waals surface area (Å²) in [6.07, 6.45) is 0. The maximum absolute atomic E-state index is 11.3. The lowest BCUT2D eigenvalue weighted by atomic mass is 10.3. The van der Waals surface area contributed by atoms with Crippen molar-refractivity contribution in [3.05, 3.63) is 60.2 Å². The lowest BCUT2D eigenvalue weighted by Crippen LogP contribution is -2.22. The fourth-order valence-electron chi connectivity index (χ4n) is 3.43. The lowest BCUT2D eigenvalue weighted by Gasteiger charge is -2.09. The van der Waals surface area contributed by atoms with Crippen molar-refractivity contribution in [2.45, 2.75) is 26.2 Å². The number of carbonyl (C=O) groups is 2. The number of hydrogen-bond acceptors (Lipinski definition) is 5. The van der Waals surface area contributed by atoms with Crippen LogP contribution < -0.4 is 5.32 Å². The van der Waals surface area contributed by atoms with Gasteiger partial charge in [0.25, 0.3) is 0 Å². The summed E-state index contributed by atoms with van der Waals surface area (Å²) in [5, 5.41) is 21.7. The van der Waals surface area contributed by atoms with E-state index in [4.69, 9.17) is 0 Å². The molecule has 0 aliphatic rings. The van der Waals surface area contributed by atoms with E-state index in [0.717, 1.165) is 22.1 Å². The number of aliphatic carboxylic acids is 2. The van der Waals surface area contributed by atoms with Gasteiger partial charge in [-0.3, -0.25) is 9.59 Å². The van der Waals surface area contributed by atoms with E-state index >= 15 is 0 Å². The molecule has 0 aliphatic carbocycles. The third kappa shape index (κ3) is 3.81. The molecule has 0 atom stereocenters. The Kier molecular flexibility index (Phi) is 4.96. The molecule has 0 radical (unpaired) electrons. The first kappa shape index (κ1) is 18.6. The topological polar surface area (TPSA) is 122 Å². The highest BCUT2D eigenvalue weighted by atomic mass is 16.4. The molecule has 0 unspecified atom stereocenters. The van der Waals surface area contributed by atoms with Crippen LogP contribution >= 0.6 is 0 Å². The van der Waals surface area contributed by atoms with Crippen LogP contribution in [0.1, 0.15) is 11.6 Å². The number of imidazole rings is 2. The summed E-state index contributed by atoms with van der Waals surface area (Å²) in [5.41, 5.74) is 2.96. The van der Waals surface area contributed by atoms with Gasteiger partial charge in [0, 0.05) is 0 Å². The Balaban J connectivity index is 1.58. The molecule has 29 heavy (non-hydrogen) atoms. The monoisotopic (exact) mass is 393 g/mol. The summed E-state index contributed by atoms with van der Waals surface area (Å²) in [5.74, 6) is -0.709. The minimum Gasteiger partial charge on any atom is -0.480 e. The largest absolute Gasteiger partial charge is 0.480 e. The molecule has 0 fully saturated rings. The summed E-state index contributed by atoms with van der Waals surface area (Å²) in [6, 6.07) is 14.7. The predicted molar refractivity (Wildman–Crippen MR) is 105 cm³/mol. The van der Waals surface area contributed by atoms with Crippen molar-refractivity contribution < 1.29 is 19.8 Å². The molecule has 0 aliphatic heterocycles. The Morgan fingerprint density at radius 1 is 0.759 bits per heavy atom. The molecule has 9 nitrogen and oxygen atoms in total. The average Bonchev–Trinajstić information content (AvgIpc) is 3.20. The van der Waals surface area contributed by atoms with Crippen molar-refractivity contribution >= 4 is 34.0 Å². The van der Waals surface area contributed by atoms with Crippen molar-refractivity contribution in [2.24, 2.45) is 0 Å². The number of carboxylic acids is 2. The van der Waals surface area contributed by atoms with Crippen LogP contribution in [0.5, 0.6) is 0 Å². The number of hydrogen-bond donors (Lipinski definition) is 3. The molecule has 4 rings (SSSR count). The fraction of sp³-hybridized carbons (Fsp3) is 0.200. The average molecular weight is 393 g/mol. The van der Waals surface area contributed by atoms with Crippen molar-refractivity contribution in [3.8, 4) is 0 Å². The van der Waals surface area contributed by atoms with E-state index in [9.17, 15) is 19.8 Å². The normalized spacial score (nSPS) is 11.3. The predicted octanol–water partition coefficient (Wildman–Crippen LogP) is 1.84. The Morgan fingerprint density at radius 2 is 1.17 bits per heavy atom. The highest BCUT2D eigenvalue weighted by Crippen LogP contribution is 2.18. The number of rotatable bonds is 8. The van der Waals surface area contributed by atoms with Gasteiger partial charge in [-0.05, 0) is 24.3 Å². The highest BCUT2D eigenvalue weighted by Gasteiger charge is 2.15. The molecule has 4 aromatic rings. The number of para-hydroxylation sites is 4. The second kappa shape index (κ2) is 7.72. The number of nitrogens with one attached hydrogen (secondary N) is 1. The van der Waals surface area contributed by atoms with Crippen molar-refractivity contribution in [3.63, 3.8) is 0 Å². The van der Waals surface area contributed by atoms with Gasteiger partial charge in [-0.25, -0.2) is 9.97 Å². The van der Waals surface area contributed by atoms with Crippen LogP contribution in [0.2, 0.25) is 0 Å².